The maximum Gasteiger partial charge on any atom is 0.409 e. The average molecular weight is 202 g/mol. The standard InChI is InChI=1S/C9H18N2O3/c1-10(4-3-5-12)8-6-11(7-8)9(13)14-2/h8,12H,3-7H2,1-2H3. The molecule has 0 aromatic carbocycles. The van der Waals surface area contributed by atoms with E-state index >= 15 is 0 Å². The van der Waals surface area contributed by atoms with Crippen molar-refractivity contribution in [2.24, 2.45) is 0 Å². The van der Waals surface area contributed by atoms with E-state index < -0.39 is 0 Å². The normalized spacial score (nSPS) is 17.0. The lowest BCUT2D eigenvalue weighted by atomic mass is 10.1. The first-order chi connectivity index (χ1) is 6.69. The Kier molecular flexibility index (Phi) is 4.16. The summed E-state index contributed by atoms with van der Waals surface area (Å²) in [6, 6.07) is 0.417. The molecule has 1 saturated heterocycles. The van der Waals surface area contributed by atoms with Crippen LogP contribution in [-0.2, 0) is 4.74 Å². The lowest BCUT2D eigenvalue weighted by Gasteiger charge is -2.42. The highest BCUT2D eigenvalue weighted by Gasteiger charge is 2.33. The predicted molar refractivity (Wildman–Crippen MR) is 52.1 cm³/mol. The SMILES string of the molecule is COC(=O)N1CC(N(C)CCCO)C1. The summed E-state index contributed by atoms with van der Waals surface area (Å²) >= 11 is 0. The summed E-state index contributed by atoms with van der Waals surface area (Å²) in [4.78, 5) is 14.9. The predicted octanol–water partition coefficient (Wildman–Crippen LogP) is -0.249. The van der Waals surface area contributed by atoms with E-state index in [1.807, 2.05) is 7.05 Å². The Morgan fingerprint density at radius 3 is 2.79 bits per heavy atom. The molecule has 0 spiro atoms. The van der Waals surface area contributed by atoms with Crippen LogP contribution in [0.2, 0.25) is 0 Å². The quantitative estimate of drug-likeness (QED) is 0.683. The van der Waals surface area contributed by atoms with Gasteiger partial charge >= 0.3 is 6.09 Å². The smallest absolute Gasteiger partial charge is 0.409 e. The fraction of sp³-hybridized carbons (Fsp3) is 0.889. The Bertz CT molecular complexity index is 192. The summed E-state index contributed by atoms with van der Waals surface area (Å²) in [5, 5.41) is 8.65. The highest BCUT2D eigenvalue weighted by Crippen LogP contribution is 2.14. The lowest BCUT2D eigenvalue weighted by molar-refractivity contribution is 0.0380. The molecule has 82 valence electrons. The van der Waals surface area contributed by atoms with Crippen molar-refractivity contribution in [2.75, 3.05) is 40.4 Å². The maximum absolute atomic E-state index is 11.0. The monoisotopic (exact) mass is 202 g/mol. The van der Waals surface area contributed by atoms with Crippen molar-refractivity contribution >= 4 is 6.09 Å². The van der Waals surface area contributed by atoms with Gasteiger partial charge in [-0.2, -0.15) is 0 Å². The van der Waals surface area contributed by atoms with Gasteiger partial charge in [-0.05, 0) is 13.5 Å². The van der Waals surface area contributed by atoms with E-state index in [4.69, 9.17) is 5.11 Å². The number of aliphatic hydroxyl groups is 1. The number of methoxy groups -OCH3 is 1. The molecule has 1 heterocycles. The summed E-state index contributed by atoms with van der Waals surface area (Å²) in [7, 11) is 3.40. The van der Waals surface area contributed by atoms with Crippen molar-refractivity contribution in [1.29, 1.82) is 0 Å². The van der Waals surface area contributed by atoms with E-state index in [0.29, 0.717) is 6.04 Å². The third-order valence-corrected chi connectivity index (χ3v) is 2.59. The van der Waals surface area contributed by atoms with Gasteiger partial charge in [-0.25, -0.2) is 4.79 Å². The Morgan fingerprint density at radius 2 is 2.29 bits per heavy atom. The summed E-state index contributed by atoms with van der Waals surface area (Å²) in [6.45, 7) is 2.55. The van der Waals surface area contributed by atoms with Crippen LogP contribution in [-0.4, -0.2) is 67.4 Å². The topological polar surface area (TPSA) is 53.0 Å². The molecule has 5 nitrogen and oxygen atoms in total. The van der Waals surface area contributed by atoms with Crippen molar-refractivity contribution in [2.45, 2.75) is 12.5 Å². The highest BCUT2D eigenvalue weighted by molar-refractivity contribution is 5.68. The summed E-state index contributed by atoms with van der Waals surface area (Å²) < 4.78 is 4.59. The molecule has 0 radical (unpaired) electrons. The number of aliphatic hydroxyl groups excluding tert-OH is 1. The van der Waals surface area contributed by atoms with E-state index in [-0.39, 0.29) is 12.7 Å². The molecule has 1 fully saturated rings. The van der Waals surface area contributed by atoms with E-state index in [0.717, 1.165) is 26.1 Å². The Morgan fingerprint density at radius 1 is 1.64 bits per heavy atom. The van der Waals surface area contributed by atoms with Crippen LogP contribution in [0.25, 0.3) is 0 Å². The number of hydrogen-bond acceptors (Lipinski definition) is 4. The van der Waals surface area contributed by atoms with Crippen LogP contribution in [0.4, 0.5) is 4.79 Å². The van der Waals surface area contributed by atoms with Crippen LogP contribution < -0.4 is 0 Å². The Balaban J connectivity index is 2.16. The molecule has 1 aliphatic heterocycles. The molecule has 0 aromatic heterocycles. The summed E-state index contributed by atoms with van der Waals surface area (Å²) in [6.07, 6.45) is 0.530. The molecule has 5 heteroatoms. The van der Waals surface area contributed by atoms with Gasteiger partial charge in [-0.15, -0.1) is 0 Å². The van der Waals surface area contributed by atoms with Crippen LogP contribution in [0.1, 0.15) is 6.42 Å². The van der Waals surface area contributed by atoms with E-state index in [1.54, 1.807) is 4.90 Å². The second kappa shape index (κ2) is 5.17. The number of carbonyl (C=O) groups is 1. The van der Waals surface area contributed by atoms with Gasteiger partial charge in [0.2, 0.25) is 0 Å². The molecule has 0 aromatic rings. The molecule has 0 saturated carbocycles. The molecule has 1 amide bonds. The molecule has 0 bridgehead atoms. The van der Waals surface area contributed by atoms with E-state index in [1.165, 1.54) is 7.11 Å². The Hall–Kier alpha value is -0.810. The first-order valence-corrected chi connectivity index (χ1v) is 4.83. The lowest BCUT2D eigenvalue weighted by Crippen LogP contribution is -2.60. The number of rotatable bonds is 4. The van der Waals surface area contributed by atoms with Gasteiger partial charge in [0.25, 0.3) is 0 Å². The molecule has 0 unspecified atom stereocenters. The first kappa shape index (κ1) is 11.3. The number of ether oxygens (including phenoxy) is 1. The minimum absolute atomic E-state index is 0.220. The van der Waals surface area contributed by atoms with Crippen LogP contribution in [0.3, 0.4) is 0 Å². The van der Waals surface area contributed by atoms with Gasteiger partial charge in [0.15, 0.2) is 0 Å². The maximum atomic E-state index is 11.0. The average Bonchev–Trinajstić information content (AvgIpc) is 2.11. The van der Waals surface area contributed by atoms with E-state index in [2.05, 4.69) is 9.64 Å². The molecule has 1 N–H and O–H groups in total. The number of hydrogen-bond donors (Lipinski definition) is 1. The van der Waals surface area contributed by atoms with Gasteiger partial charge in [0, 0.05) is 32.3 Å². The Labute approximate surface area is 84.2 Å². The van der Waals surface area contributed by atoms with Gasteiger partial charge in [0.1, 0.15) is 0 Å². The minimum Gasteiger partial charge on any atom is -0.453 e. The van der Waals surface area contributed by atoms with Gasteiger partial charge in [-0.1, -0.05) is 0 Å². The number of amides is 1. The minimum atomic E-state index is -0.253. The van der Waals surface area contributed by atoms with Crippen molar-refractivity contribution in [3.05, 3.63) is 0 Å². The van der Waals surface area contributed by atoms with Crippen molar-refractivity contribution in [3.8, 4) is 0 Å². The molecule has 0 atom stereocenters. The summed E-state index contributed by atoms with van der Waals surface area (Å²) in [5.74, 6) is 0. The third-order valence-electron chi connectivity index (χ3n) is 2.59. The van der Waals surface area contributed by atoms with Gasteiger partial charge in [-0.3, -0.25) is 4.90 Å². The molecule has 1 rings (SSSR count). The van der Waals surface area contributed by atoms with E-state index in [9.17, 15) is 4.79 Å². The third kappa shape index (κ3) is 2.59. The fourth-order valence-electron chi connectivity index (χ4n) is 1.51. The van der Waals surface area contributed by atoms with Crippen LogP contribution in [0.15, 0.2) is 0 Å². The van der Waals surface area contributed by atoms with Crippen LogP contribution >= 0.6 is 0 Å². The van der Waals surface area contributed by atoms with Crippen LogP contribution in [0, 0.1) is 0 Å². The van der Waals surface area contributed by atoms with Crippen LogP contribution in [0.5, 0.6) is 0 Å². The van der Waals surface area contributed by atoms with Crippen molar-refractivity contribution in [1.82, 2.24) is 9.80 Å². The van der Waals surface area contributed by atoms with Crippen molar-refractivity contribution in [3.63, 3.8) is 0 Å². The number of likely N-dealkylation sites (N-methyl/N-ethyl adjacent to an activating group) is 1. The van der Waals surface area contributed by atoms with Gasteiger partial charge in [0.05, 0.1) is 7.11 Å². The number of likely N-dealkylation sites (tertiary alicyclic amines) is 1. The van der Waals surface area contributed by atoms with Crippen molar-refractivity contribution < 1.29 is 14.6 Å². The largest absolute Gasteiger partial charge is 0.453 e. The molecular formula is C9H18N2O3. The fourth-order valence-corrected chi connectivity index (χ4v) is 1.51. The molecule has 0 aliphatic carbocycles. The first-order valence-electron chi connectivity index (χ1n) is 4.83. The van der Waals surface area contributed by atoms with Gasteiger partial charge < -0.3 is 14.7 Å². The number of nitrogens with zero attached hydrogens (tertiary/aromatic N) is 2. The zero-order valence-electron chi connectivity index (χ0n) is 8.77. The second-order valence-corrected chi connectivity index (χ2v) is 3.59. The molecular weight excluding hydrogens is 184 g/mol. The zero-order valence-corrected chi connectivity index (χ0v) is 8.77. The number of carbonyl (C=O) groups excluding carboxylic acids is 1. The highest BCUT2D eigenvalue weighted by atomic mass is 16.5. The zero-order chi connectivity index (χ0) is 10.6. The second-order valence-electron chi connectivity index (χ2n) is 3.59. The molecule has 14 heavy (non-hydrogen) atoms. The molecule has 1 aliphatic rings. The summed E-state index contributed by atoms with van der Waals surface area (Å²) in [5.41, 5.74) is 0.